The average molecular weight is 404 g/mol. The summed E-state index contributed by atoms with van der Waals surface area (Å²) in [5.74, 6) is -0.177. The first-order valence-electron chi connectivity index (χ1n) is 9.70. The molecule has 0 aliphatic heterocycles. The minimum absolute atomic E-state index is 0.148. The van der Waals surface area contributed by atoms with E-state index in [1.54, 1.807) is 36.4 Å². The van der Waals surface area contributed by atoms with E-state index in [2.05, 4.69) is 10.6 Å². The van der Waals surface area contributed by atoms with Crippen LogP contribution >= 0.6 is 0 Å². The number of hydrogen-bond donors (Lipinski definition) is 3. The van der Waals surface area contributed by atoms with Gasteiger partial charge in [0.2, 0.25) is 0 Å². The Morgan fingerprint density at radius 2 is 1.73 bits per heavy atom. The van der Waals surface area contributed by atoms with Crippen molar-refractivity contribution < 1.29 is 19.4 Å². The lowest BCUT2D eigenvalue weighted by Crippen LogP contribution is -2.32. The van der Waals surface area contributed by atoms with Crippen LogP contribution in [0.5, 0.6) is 11.5 Å². The number of aryl methyl sites for hydroxylation is 1. The third-order valence-corrected chi connectivity index (χ3v) is 4.48. The fourth-order valence-electron chi connectivity index (χ4n) is 2.90. The minimum atomic E-state index is -0.675. The van der Waals surface area contributed by atoms with Gasteiger partial charge < -0.3 is 20.5 Å². The zero-order valence-electron chi connectivity index (χ0n) is 16.9. The predicted octanol–water partition coefficient (Wildman–Crippen LogP) is 4.75. The monoisotopic (exact) mass is 404 g/mol. The number of phenols is 1. The summed E-state index contributed by atoms with van der Waals surface area (Å²) in [7, 11) is 0. The fourth-order valence-corrected chi connectivity index (χ4v) is 2.90. The van der Waals surface area contributed by atoms with E-state index in [-0.39, 0.29) is 23.3 Å². The number of aromatic hydroxyl groups is 1. The number of benzene rings is 3. The van der Waals surface area contributed by atoms with E-state index in [0.717, 1.165) is 5.56 Å². The fraction of sp³-hybridized carbons (Fsp3) is 0.167. The number of carbonyl (C=O) groups is 2. The van der Waals surface area contributed by atoms with Crippen molar-refractivity contribution in [2.24, 2.45) is 0 Å². The maximum Gasteiger partial charge on any atom is 0.265 e. The molecule has 0 bridgehead atoms. The SMILES string of the molecule is CCC(Oc1cccc(C)c1)C(=O)Nc1ccc(NC(=O)c2ccccc2)c(O)c1. The van der Waals surface area contributed by atoms with Gasteiger partial charge in [-0.25, -0.2) is 0 Å². The van der Waals surface area contributed by atoms with Crippen molar-refractivity contribution in [1.82, 2.24) is 0 Å². The molecule has 0 aliphatic carbocycles. The average Bonchev–Trinajstić information content (AvgIpc) is 2.74. The van der Waals surface area contributed by atoms with Gasteiger partial charge in [0, 0.05) is 17.3 Å². The summed E-state index contributed by atoms with van der Waals surface area (Å²) >= 11 is 0. The molecule has 0 saturated heterocycles. The lowest BCUT2D eigenvalue weighted by atomic mass is 10.2. The molecule has 3 rings (SSSR count). The highest BCUT2D eigenvalue weighted by atomic mass is 16.5. The molecule has 3 N–H and O–H groups in total. The van der Waals surface area contributed by atoms with Crippen LogP contribution in [0.25, 0.3) is 0 Å². The van der Waals surface area contributed by atoms with E-state index < -0.39 is 6.10 Å². The van der Waals surface area contributed by atoms with E-state index >= 15 is 0 Å². The van der Waals surface area contributed by atoms with Crippen molar-refractivity contribution in [3.8, 4) is 11.5 Å². The van der Waals surface area contributed by atoms with Gasteiger partial charge in [0.1, 0.15) is 11.5 Å². The molecule has 0 radical (unpaired) electrons. The lowest BCUT2D eigenvalue weighted by molar-refractivity contribution is -0.122. The maximum atomic E-state index is 12.6. The molecule has 0 saturated carbocycles. The Morgan fingerprint density at radius 1 is 0.967 bits per heavy atom. The molecular weight excluding hydrogens is 380 g/mol. The molecule has 0 fully saturated rings. The van der Waals surface area contributed by atoms with Gasteiger partial charge in [-0.1, -0.05) is 37.3 Å². The number of rotatable bonds is 7. The van der Waals surface area contributed by atoms with Crippen LogP contribution in [0.3, 0.4) is 0 Å². The standard InChI is InChI=1S/C24H24N2O4/c1-3-22(30-19-11-7-8-16(2)14-19)24(29)25-18-12-13-20(21(27)15-18)26-23(28)17-9-5-4-6-10-17/h4-15,22,27H,3H2,1-2H3,(H,25,29)(H,26,28). The number of nitrogens with one attached hydrogen (secondary N) is 2. The molecule has 0 aromatic heterocycles. The van der Waals surface area contributed by atoms with Crippen molar-refractivity contribution in [2.45, 2.75) is 26.4 Å². The summed E-state index contributed by atoms with van der Waals surface area (Å²) in [6, 6.07) is 20.7. The Morgan fingerprint density at radius 3 is 2.40 bits per heavy atom. The van der Waals surface area contributed by atoms with Gasteiger partial charge in [-0.3, -0.25) is 9.59 Å². The molecule has 1 unspecified atom stereocenters. The first-order valence-corrected chi connectivity index (χ1v) is 9.70. The zero-order chi connectivity index (χ0) is 21.5. The number of hydrogen-bond acceptors (Lipinski definition) is 4. The van der Waals surface area contributed by atoms with Crippen LogP contribution in [0.15, 0.2) is 72.8 Å². The van der Waals surface area contributed by atoms with E-state index in [1.807, 2.05) is 38.1 Å². The highest BCUT2D eigenvalue weighted by molar-refractivity contribution is 6.05. The van der Waals surface area contributed by atoms with Gasteiger partial charge in [-0.05, 0) is 55.3 Å². The molecule has 2 amide bonds. The van der Waals surface area contributed by atoms with Gasteiger partial charge in [0.25, 0.3) is 11.8 Å². The second kappa shape index (κ2) is 9.60. The second-order valence-corrected chi connectivity index (χ2v) is 6.87. The first kappa shape index (κ1) is 20.9. The highest BCUT2D eigenvalue weighted by Crippen LogP contribution is 2.27. The Bertz CT molecular complexity index is 1030. The molecule has 154 valence electrons. The minimum Gasteiger partial charge on any atom is -0.506 e. The van der Waals surface area contributed by atoms with Gasteiger partial charge in [0.15, 0.2) is 6.10 Å². The van der Waals surface area contributed by atoms with Crippen molar-refractivity contribution >= 4 is 23.2 Å². The van der Waals surface area contributed by atoms with Crippen LogP contribution < -0.4 is 15.4 Å². The van der Waals surface area contributed by atoms with Crippen LogP contribution in [-0.4, -0.2) is 23.0 Å². The first-order chi connectivity index (χ1) is 14.5. The number of phenolic OH excluding ortho intramolecular Hbond substituents is 1. The Hall–Kier alpha value is -3.80. The largest absolute Gasteiger partial charge is 0.506 e. The summed E-state index contributed by atoms with van der Waals surface area (Å²) in [5.41, 5.74) is 2.18. The summed E-state index contributed by atoms with van der Waals surface area (Å²) in [5, 5.41) is 15.7. The molecule has 6 heteroatoms. The molecule has 3 aromatic rings. The maximum absolute atomic E-state index is 12.6. The van der Waals surface area contributed by atoms with Crippen LogP contribution in [0, 0.1) is 6.92 Å². The molecule has 30 heavy (non-hydrogen) atoms. The Labute approximate surface area is 175 Å². The van der Waals surface area contributed by atoms with E-state index in [9.17, 15) is 14.7 Å². The zero-order valence-corrected chi connectivity index (χ0v) is 16.9. The number of carbonyl (C=O) groups excluding carboxylic acids is 2. The molecular formula is C24H24N2O4. The van der Waals surface area contributed by atoms with Crippen molar-refractivity contribution in [3.05, 3.63) is 83.9 Å². The van der Waals surface area contributed by atoms with Crippen molar-refractivity contribution in [1.29, 1.82) is 0 Å². The van der Waals surface area contributed by atoms with Crippen molar-refractivity contribution in [3.63, 3.8) is 0 Å². The van der Waals surface area contributed by atoms with Gasteiger partial charge in [0.05, 0.1) is 5.69 Å². The third kappa shape index (κ3) is 5.38. The van der Waals surface area contributed by atoms with Crippen molar-refractivity contribution in [2.75, 3.05) is 10.6 Å². The molecule has 0 aliphatic rings. The summed E-state index contributed by atoms with van der Waals surface area (Å²) in [6.07, 6.45) is -0.192. The quantitative estimate of drug-likeness (QED) is 0.496. The van der Waals surface area contributed by atoms with Gasteiger partial charge >= 0.3 is 0 Å². The normalized spacial score (nSPS) is 11.4. The topological polar surface area (TPSA) is 87.7 Å². The van der Waals surface area contributed by atoms with Gasteiger partial charge in [-0.15, -0.1) is 0 Å². The van der Waals surface area contributed by atoms with E-state index in [0.29, 0.717) is 23.4 Å². The smallest absolute Gasteiger partial charge is 0.265 e. The van der Waals surface area contributed by atoms with Crippen LogP contribution in [0.1, 0.15) is 29.3 Å². The lowest BCUT2D eigenvalue weighted by Gasteiger charge is -2.18. The molecule has 6 nitrogen and oxygen atoms in total. The molecule has 0 heterocycles. The second-order valence-electron chi connectivity index (χ2n) is 6.87. The molecule has 3 aromatic carbocycles. The predicted molar refractivity (Wildman–Crippen MR) is 117 cm³/mol. The highest BCUT2D eigenvalue weighted by Gasteiger charge is 2.19. The van der Waals surface area contributed by atoms with E-state index in [4.69, 9.17) is 4.74 Å². The third-order valence-electron chi connectivity index (χ3n) is 4.48. The summed E-state index contributed by atoms with van der Waals surface area (Å²) in [4.78, 5) is 24.9. The number of ether oxygens (including phenoxy) is 1. The Balaban J connectivity index is 1.65. The number of anilines is 2. The molecule has 1 atom stereocenters. The van der Waals surface area contributed by atoms with E-state index in [1.165, 1.54) is 12.1 Å². The van der Waals surface area contributed by atoms with Crippen LogP contribution in [-0.2, 0) is 4.79 Å². The number of amides is 2. The summed E-state index contributed by atoms with van der Waals surface area (Å²) < 4.78 is 5.80. The Kier molecular flexibility index (Phi) is 6.70. The van der Waals surface area contributed by atoms with Crippen LogP contribution in [0.2, 0.25) is 0 Å². The summed E-state index contributed by atoms with van der Waals surface area (Å²) in [6.45, 7) is 3.81. The van der Waals surface area contributed by atoms with Gasteiger partial charge in [-0.2, -0.15) is 0 Å². The van der Waals surface area contributed by atoms with Crippen LogP contribution in [0.4, 0.5) is 11.4 Å². The molecule has 0 spiro atoms.